The van der Waals surface area contributed by atoms with Crippen molar-refractivity contribution in [3.8, 4) is 0 Å². The van der Waals surface area contributed by atoms with Crippen LogP contribution in [0.2, 0.25) is 0 Å². The fraction of sp³-hybridized carbons (Fsp3) is 0.579. The summed E-state index contributed by atoms with van der Waals surface area (Å²) in [5.74, 6) is 0.184. The summed E-state index contributed by atoms with van der Waals surface area (Å²) in [6.45, 7) is 6.04. The minimum absolute atomic E-state index is 0.0862. The summed E-state index contributed by atoms with van der Waals surface area (Å²) >= 11 is 0. The molecule has 2 aliphatic rings. The molecular weight excluding hydrogens is 304 g/mol. The van der Waals surface area contributed by atoms with Crippen LogP contribution >= 0.6 is 0 Å². The minimum Gasteiger partial charge on any atom is -0.376 e. The van der Waals surface area contributed by atoms with Gasteiger partial charge < -0.3 is 15.0 Å². The fourth-order valence-electron chi connectivity index (χ4n) is 3.61. The van der Waals surface area contributed by atoms with Crippen LogP contribution in [0.1, 0.15) is 32.3 Å². The molecule has 5 nitrogen and oxygen atoms in total. The number of hydrogen-bond acceptors (Lipinski definition) is 3. The van der Waals surface area contributed by atoms with E-state index in [2.05, 4.69) is 17.4 Å². The lowest BCUT2D eigenvalue weighted by Gasteiger charge is -2.45. The second-order valence-electron chi connectivity index (χ2n) is 7.46. The fourth-order valence-corrected chi connectivity index (χ4v) is 3.61. The molecule has 1 aromatic rings. The quantitative estimate of drug-likeness (QED) is 0.915. The van der Waals surface area contributed by atoms with E-state index >= 15 is 0 Å². The lowest BCUT2D eigenvalue weighted by atomic mass is 9.72. The van der Waals surface area contributed by atoms with E-state index in [9.17, 15) is 9.59 Å². The second kappa shape index (κ2) is 6.55. The van der Waals surface area contributed by atoms with Gasteiger partial charge in [0.2, 0.25) is 11.8 Å². The van der Waals surface area contributed by atoms with Gasteiger partial charge in [-0.2, -0.15) is 0 Å². The molecule has 2 fully saturated rings. The number of carbonyl (C=O) groups is 2. The Hall–Kier alpha value is -1.88. The van der Waals surface area contributed by atoms with E-state index in [1.54, 1.807) is 6.92 Å². The Morgan fingerprint density at radius 2 is 1.79 bits per heavy atom. The van der Waals surface area contributed by atoms with Crippen LogP contribution in [0, 0.1) is 5.41 Å². The van der Waals surface area contributed by atoms with Crippen LogP contribution in [0.15, 0.2) is 30.3 Å². The second-order valence-corrected chi connectivity index (χ2v) is 7.46. The van der Waals surface area contributed by atoms with Gasteiger partial charge in [-0.1, -0.05) is 30.3 Å². The number of piperidine rings is 1. The summed E-state index contributed by atoms with van der Waals surface area (Å²) in [6, 6.07) is 10.1. The maximum absolute atomic E-state index is 13.1. The first-order valence-corrected chi connectivity index (χ1v) is 8.62. The van der Waals surface area contributed by atoms with Crippen molar-refractivity contribution in [1.29, 1.82) is 0 Å². The molecule has 0 spiro atoms. The van der Waals surface area contributed by atoms with E-state index in [0.717, 1.165) is 0 Å². The number of nitrogens with zero attached hydrogens (tertiary/aromatic N) is 1. The smallest absolute Gasteiger partial charge is 0.227 e. The first-order valence-electron chi connectivity index (χ1n) is 8.62. The van der Waals surface area contributed by atoms with Crippen LogP contribution in [0.5, 0.6) is 0 Å². The molecule has 0 bridgehead atoms. The molecule has 0 aromatic heterocycles. The molecule has 0 radical (unpaired) electrons. The van der Waals surface area contributed by atoms with Crippen molar-refractivity contribution < 1.29 is 14.3 Å². The molecule has 1 N–H and O–H groups in total. The highest BCUT2D eigenvalue weighted by molar-refractivity contribution is 5.84. The summed E-state index contributed by atoms with van der Waals surface area (Å²) < 4.78 is 5.26. The van der Waals surface area contributed by atoms with E-state index in [1.165, 1.54) is 5.56 Å². The van der Waals surface area contributed by atoms with Gasteiger partial charge in [-0.3, -0.25) is 9.59 Å². The third kappa shape index (κ3) is 3.46. The Balaban J connectivity index is 1.78. The zero-order chi connectivity index (χ0) is 17.2. The zero-order valence-corrected chi connectivity index (χ0v) is 14.5. The van der Waals surface area contributed by atoms with Crippen molar-refractivity contribution in [3.05, 3.63) is 35.9 Å². The Morgan fingerprint density at radius 3 is 2.29 bits per heavy atom. The zero-order valence-electron chi connectivity index (χ0n) is 14.5. The van der Waals surface area contributed by atoms with Crippen LogP contribution in [0.25, 0.3) is 0 Å². The third-order valence-corrected chi connectivity index (χ3v) is 5.29. The lowest BCUT2D eigenvalue weighted by molar-refractivity contribution is -0.146. The van der Waals surface area contributed by atoms with Crippen LogP contribution < -0.4 is 5.32 Å². The number of nitrogens with one attached hydrogen (secondary N) is 1. The number of hydrogen-bond donors (Lipinski definition) is 1. The molecule has 2 heterocycles. The van der Waals surface area contributed by atoms with Crippen LogP contribution in [-0.2, 0) is 20.7 Å². The summed E-state index contributed by atoms with van der Waals surface area (Å²) in [7, 11) is 0. The van der Waals surface area contributed by atoms with Gasteiger partial charge in [0.1, 0.15) is 0 Å². The number of benzene rings is 1. The number of amides is 2. The predicted molar refractivity (Wildman–Crippen MR) is 91.4 cm³/mol. The van der Waals surface area contributed by atoms with E-state index in [1.807, 2.05) is 30.0 Å². The van der Waals surface area contributed by atoms with Crippen molar-refractivity contribution in [3.63, 3.8) is 0 Å². The normalized spacial score (nSPS) is 21.7. The molecule has 1 aromatic carbocycles. The SMILES string of the molecule is CC(=O)N1CCC(Cc2ccccc2)(C(=O)NC2(C)COC2)CC1. The summed E-state index contributed by atoms with van der Waals surface area (Å²) in [5.41, 5.74) is 0.462. The summed E-state index contributed by atoms with van der Waals surface area (Å²) in [6.07, 6.45) is 2.11. The molecule has 0 atom stereocenters. The van der Waals surface area contributed by atoms with Crippen molar-refractivity contribution in [2.45, 2.75) is 38.6 Å². The van der Waals surface area contributed by atoms with Crippen LogP contribution in [0.3, 0.4) is 0 Å². The van der Waals surface area contributed by atoms with E-state index in [0.29, 0.717) is 45.6 Å². The first-order chi connectivity index (χ1) is 11.4. The Kier molecular flexibility index (Phi) is 4.63. The van der Waals surface area contributed by atoms with Crippen molar-refractivity contribution in [2.75, 3.05) is 26.3 Å². The highest BCUT2D eigenvalue weighted by atomic mass is 16.5. The Morgan fingerprint density at radius 1 is 1.17 bits per heavy atom. The molecule has 0 unspecified atom stereocenters. The van der Waals surface area contributed by atoms with Gasteiger partial charge in [-0.15, -0.1) is 0 Å². The minimum atomic E-state index is -0.452. The molecule has 3 rings (SSSR count). The van der Waals surface area contributed by atoms with Gasteiger partial charge in [0, 0.05) is 20.0 Å². The monoisotopic (exact) mass is 330 g/mol. The van der Waals surface area contributed by atoms with Gasteiger partial charge in [-0.25, -0.2) is 0 Å². The molecule has 2 amide bonds. The van der Waals surface area contributed by atoms with Gasteiger partial charge >= 0.3 is 0 Å². The third-order valence-electron chi connectivity index (χ3n) is 5.29. The average molecular weight is 330 g/mol. The van der Waals surface area contributed by atoms with Crippen LogP contribution in [0.4, 0.5) is 0 Å². The molecule has 0 saturated carbocycles. The Bertz CT molecular complexity index is 602. The Labute approximate surface area is 143 Å². The van der Waals surface area contributed by atoms with Crippen molar-refractivity contribution in [1.82, 2.24) is 10.2 Å². The molecule has 130 valence electrons. The van der Waals surface area contributed by atoms with Gasteiger partial charge in [0.25, 0.3) is 0 Å². The highest BCUT2D eigenvalue weighted by Gasteiger charge is 2.45. The number of rotatable bonds is 4. The standard InChI is InChI=1S/C19H26N2O3/c1-15(22)21-10-8-19(9-11-21,12-16-6-4-3-5-7-16)17(23)20-18(2)13-24-14-18/h3-7H,8-14H2,1-2H3,(H,20,23). The van der Waals surface area contributed by atoms with E-state index < -0.39 is 5.41 Å². The van der Waals surface area contributed by atoms with Crippen LogP contribution in [-0.4, -0.2) is 48.6 Å². The molecule has 2 saturated heterocycles. The molecule has 0 aliphatic carbocycles. The van der Waals surface area contributed by atoms with Gasteiger partial charge in [0.15, 0.2) is 0 Å². The molecule has 5 heteroatoms. The largest absolute Gasteiger partial charge is 0.376 e. The topological polar surface area (TPSA) is 58.6 Å². The van der Waals surface area contributed by atoms with Gasteiger partial charge in [0.05, 0.1) is 24.2 Å². The van der Waals surface area contributed by atoms with E-state index in [-0.39, 0.29) is 17.4 Å². The predicted octanol–water partition coefficient (Wildman–Crippen LogP) is 1.76. The first kappa shape index (κ1) is 17.0. The van der Waals surface area contributed by atoms with Crippen molar-refractivity contribution >= 4 is 11.8 Å². The molecule has 24 heavy (non-hydrogen) atoms. The van der Waals surface area contributed by atoms with Gasteiger partial charge in [-0.05, 0) is 31.7 Å². The number of likely N-dealkylation sites (tertiary alicyclic amines) is 1. The number of carbonyl (C=O) groups excluding carboxylic acids is 2. The summed E-state index contributed by atoms with van der Waals surface area (Å²) in [5, 5.41) is 3.20. The molecular formula is C19H26N2O3. The maximum atomic E-state index is 13.1. The maximum Gasteiger partial charge on any atom is 0.227 e. The average Bonchev–Trinajstić information content (AvgIpc) is 2.54. The summed E-state index contributed by atoms with van der Waals surface area (Å²) in [4.78, 5) is 26.6. The lowest BCUT2D eigenvalue weighted by Crippen LogP contribution is -2.63. The number of ether oxygens (including phenoxy) is 1. The molecule has 2 aliphatic heterocycles. The highest BCUT2D eigenvalue weighted by Crippen LogP contribution is 2.36. The van der Waals surface area contributed by atoms with Crippen molar-refractivity contribution in [2.24, 2.45) is 5.41 Å². The van der Waals surface area contributed by atoms with E-state index in [4.69, 9.17) is 4.74 Å².